The van der Waals surface area contributed by atoms with Crippen molar-refractivity contribution < 1.29 is 0 Å². The Morgan fingerprint density at radius 1 is 1.29 bits per heavy atom. The minimum atomic E-state index is 0.764. The first kappa shape index (κ1) is 8.68. The van der Waals surface area contributed by atoms with Crippen LogP contribution in [0.25, 0.3) is 11.3 Å². The fraction of sp³-hybridized carbons (Fsp3) is 0.222. The number of nitrogens with one attached hydrogen (secondary N) is 1. The summed E-state index contributed by atoms with van der Waals surface area (Å²) in [6.07, 6.45) is 7.00. The van der Waals surface area contributed by atoms with Gasteiger partial charge in [0.05, 0.1) is 6.20 Å². The lowest BCUT2D eigenvalue weighted by Gasteiger charge is -2.03. The molecule has 0 atom stereocenters. The van der Waals surface area contributed by atoms with Crippen molar-refractivity contribution >= 4 is 5.82 Å². The summed E-state index contributed by atoms with van der Waals surface area (Å²) in [4.78, 5) is 8.43. The molecule has 0 amide bonds. The summed E-state index contributed by atoms with van der Waals surface area (Å²) in [6, 6.07) is 0. The maximum absolute atomic E-state index is 4.25. The first-order chi connectivity index (χ1) is 6.81. The van der Waals surface area contributed by atoms with Crippen molar-refractivity contribution in [2.24, 2.45) is 7.05 Å². The van der Waals surface area contributed by atoms with Gasteiger partial charge in [-0.2, -0.15) is 5.10 Å². The molecule has 14 heavy (non-hydrogen) atoms. The van der Waals surface area contributed by atoms with Crippen molar-refractivity contribution in [2.75, 3.05) is 12.4 Å². The van der Waals surface area contributed by atoms with E-state index in [9.17, 15) is 0 Å². The third kappa shape index (κ3) is 1.44. The van der Waals surface area contributed by atoms with Gasteiger partial charge in [0.15, 0.2) is 5.82 Å². The molecule has 0 aliphatic rings. The highest BCUT2D eigenvalue weighted by molar-refractivity contribution is 5.69. The SMILES string of the molecule is CNc1nccnc1-c1cnn(C)c1. The zero-order valence-electron chi connectivity index (χ0n) is 8.10. The van der Waals surface area contributed by atoms with E-state index in [0.29, 0.717) is 0 Å². The van der Waals surface area contributed by atoms with Crippen LogP contribution >= 0.6 is 0 Å². The van der Waals surface area contributed by atoms with Crippen LogP contribution in [0.3, 0.4) is 0 Å². The third-order valence-electron chi connectivity index (χ3n) is 1.91. The molecule has 5 heteroatoms. The lowest BCUT2D eigenvalue weighted by molar-refractivity contribution is 0.768. The second-order valence-corrected chi connectivity index (χ2v) is 2.91. The molecule has 1 N–H and O–H groups in total. The highest BCUT2D eigenvalue weighted by Gasteiger charge is 2.07. The van der Waals surface area contributed by atoms with Crippen molar-refractivity contribution in [1.29, 1.82) is 0 Å². The molecule has 2 aromatic rings. The molecular weight excluding hydrogens is 178 g/mol. The number of nitrogens with zero attached hydrogens (tertiary/aromatic N) is 4. The summed E-state index contributed by atoms with van der Waals surface area (Å²) in [6.45, 7) is 0. The predicted octanol–water partition coefficient (Wildman–Crippen LogP) is 0.919. The van der Waals surface area contributed by atoms with Crippen LogP contribution in [0.2, 0.25) is 0 Å². The van der Waals surface area contributed by atoms with Gasteiger partial charge >= 0.3 is 0 Å². The second kappa shape index (κ2) is 3.45. The fourth-order valence-electron chi connectivity index (χ4n) is 1.28. The fourth-order valence-corrected chi connectivity index (χ4v) is 1.28. The van der Waals surface area contributed by atoms with E-state index in [-0.39, 0.29) is 0 Å². The van der Waals surface area contributed by atoms with Gasteiger partial charge in [0.1, 0.15) is 5.69 Å². The molecular formula is C9H11N5. The maximum Gasteiger partial charge on any atom is 0.152 e. The summed E-state index contributed by atoms with van der Waals surface area (Å²) in [7, 11) is 3.70. The average molecular weight is 189 g/mol. The molecule has 5 nitrogen and oxygen atoms in total. The van der Waals surface area contributed by atoms with E-state index in [1.165, 1.54) is 0 Å². The monoisotopic (exact) mass is 189 g/mol. The van der Waals surface area contributed by atoms with Crippen LogP contribution in [0.4, 0.5) is 5.82 Å². The maximum atomic E-state index is 4.25. The van der Waals surface area contributed by atoms with Crippen LogP contribution in [0, 0.1) is 0 Å². The molecule has 0 saturated heterocycles. The standard InChI is InChI=1S/C9H11N5/c1-10-9-8(11-3-4-12-9)7-5-13-14(2)6-7/h3-6H,1-2H3,(H,10,12). The first-order valence-electron chi connectivity index (χ1n) is 4.29. The van der Waals surface area contributed by atoms with Gasteiger partial charge in [-0.1, -0.05) is 0 Å². The van der Waals surface area contributed by atoms with E-state index >= 15 is 0 Å². The van der Waals surface area contributed by atoms with Gasteiger partial charge in [0.2, 0.25) is 0 Å². The summed E-state index contributed by atoms with van der Waals surface area (Å²) >= 11 is 0. The van der Waals surface area contributed by atoms with E-state index in [1.54, 1.807) is 23.3 Å². The molecule has 0 spiro atoms. The first-order valence-corrected chi connectivity index (χ1v) is 4.29. The minimum absolute atomic E-state index is 0.764. The topological polar surface area (TPSA) is 55.6 Å². The number of hydrogen-bond donors (Lipinski definition) is 1. The Hall–Kier alpha value is -1.91. The molecule has 72 valence electrons. The summed E-state index contributed by atoms with van der Waals surface area (Å²) < 4.78 is 1.74. The molecule has 2 heterocycles. The lowest BCUT2D eigenvalue weighted by Crippen LogP contribution is -1.96. The van der Waals surface area contributed by atoms with E-state index in [4.69, 9.17) is 0 Å². The summed E-state index contributed by atoms with van der Waals surface area (Å²) in [5.74, 6) is 0.764. The molecule has 0 aliphatic carbocycles. The quantitative estimate of drug-likeness (QED) is 0.763. The van der Waals surface area contributed by atoms with E-state index < -0.39 is 0 Å². The van der Waals surface area contributed by atoms with E-state index in [0.717, 1.165) is 17.1 Å². The second-order valence-electron chi connectivity index (χ2n) is 2.91. The molecule has 0 aromatic carbocycles. The van der Waals surface area contributed by atoms with Crippen molar-refractivity contribution in [3.8, 4) is 11.3 Å². The van der Waals surface area contributed by atoms with Gasteiger partial charge in [-0.3, -0.25) is 9.67 Å². The molecule has 0 aliphatic heterocycles. The van der Waals surface area contributed by atoms with Gasteiger partial charge < -0.3 is 5.32 Å². The van der Waals surface area contributed by atoms with Gasteiger partial charge in [-0.05, 0) is 0 Å². The highest BCUT2D eigenvalue weighted by Crippen LogP contribution is 2.21. The molecule has 0 radical (unpaired) electrons. The van der Waals surface area contributed by atoms with E-state index in [1.807, 2.05) is 20.3 Å². The average Bonchev–Trinajstić information content (AvgIpc) is 2.65. The van der Waals surface area contributed by atoms with Crippen LogP contribution in [-0.4, -0.2) is 26.8 Å². The van der Waals surface area contributed by atoms with Crippen LogP contribution in [0.15, 0.2) is 24.8 Å². The number of hydrogen-bond acceptors (Lipinski definition) is 4. The predicted molar refractivity (Wildman–Crippen MR) is 53.8 cm³/mol. The lowest BCUT2D eigenvalue weighted by atomic mass is 10.2. The molecule has 2 aromatic heterocycles. The largest absolute Gasteiger partial charge is 0.371 e. The van der Waals surface area contributed by atoms with Crippen LogP contribution in [-0.2, 0) is 7.05 Å². The highest BCUT2D eigenvalue weighted by atomic mass is 15.2. The zero-order valence-corrected chi connectivity index (χ0v) is 8.10. The Balaban J connectivity index is 2.50. The molecule has 0 fully saturated rings. The van der Waals surface area contributed by atoms with Gasteiger partial charge in [0, 0.05) is 38.2 Å². The number of aryl methyl sites for hydroxylation is 1. The smallest absolute Gasteiger partial charge is 0.152 e. The van der Waals surface area contributed by atoms with Gasteiger partial charge in [-0.25, -0.2) is 4.98 Å². The van der Waals surface area contributed by atoms with Crippen LogP contribution < -0.4 is 5.32 Å². The van der Waals surface area contributed by atoms with Gasteiger partial charge in [-0.15, -0.1) is 0 Å². The van der Waals surface area contributed by atoms with Crippen molar-refractivity contribution in [1.82, 2.24) is 19.7 Å². The summed E-state index contributed by atoms with van der Waals surface area (Å²) in [5.41, 5.74) is 1.79. The van der Waals surface area contributed by atoms with Crippen molar-refractivity contribution in [2.45, 2.75) is 0 Å². The molecule has 0 unspecified atom stereocenters. The number of anilines is 1. The Kier molecular flexibility index (Phi) is 2.14. The normalized spacial score (nSPS) is 10.1. The van der Waals surface area contributed by atoms with Crippen molar-refractivity contribution in [3.63, 3.8) is 0 Å². The Bertz CT molecular complexity index is 434. The number of aromatic nitrogens is 4. The van der Waals surface area contributed by atoms with Crippen LogP contribution in [0.1, 0.15) is 0 Å². The third-order valence-corrected chi connectivity index (χ3v) is 1.91. The zero-order chi connectivity index (χ0) is 9.97. The number of rotatable bonds is 2. The van der Waals surface area contributed by atoms with Gasteiger partial charge in [0.25, 0.3) is 0 Å². The Labute approximate surface area is 81.8 Å². The van der Waals surface area contributed by atoms with E-state index in [2.05, 4.69) is 20.4 Å². The van der Waals surface area contributed by atoms with Crippen molar-refractivity contribution in [3.05, 3.63) is 24.8 Å². The molecule has 0 saturated carbocycles. The Morgan fingerprint density at radius 3 is 2.71 bits per heavy atom. The summed E-state index contributed by atoms with van der Waals surface area (Å²) in [5, 5.41) is 7.08. The molecule has 2 rings (SSSR count). The van der Waals surface area contributed by atoms with Crippen LogP contribution in [0.5, 0.6) is 0 Å². The molecule has 0 bridgehead atoms. The Morgan fingerprint density at radius 2 is 2.07 bits per heavy atom. The minimum Gasteiger partial charge on any atom is -0.371 e.